The van der Waals surface area contributed by atoms with Crippen LogP contribution >= 0.6 is 27.5 Å². The molecule has 0 heterocycles. The van der Waals surface area contributed by atoms with E-state index >= 15 is 0 Å². The maximum absolute atomic E-state index is 13.4. The first-order valence-corrected chi connectivity index (χ1v) is 7.80. The van der Waals surface area contributed by atoms with Crippen LogP contribution in [0.3, 0.4) is 0 Å². The molecule has 112 valence electrons. The molecule has 21 heavy (non-hydrogen) atoms. The number of hydrogen-bond acceptors (Lipinski definition) is 1. The van der Waals surface area contributed by atoms with E-state index in [9.17, 15) is 8.78 Å². The Hall–Kier alpha value is -0.970. The van der Waals surface area contributed by atoms with Crippen LogP contribution in [0.2, 0.25) is 5.02 Å². The Morgan fingerprint density at radius 3 is 2.62 bits per heavy atom. The highest BCUT2D eigenvalue weighted by atomic mass is 79.9. The summed E-state index contributed by atoms with van der Waals surface area (Å²) in [6.45, 7) is 2.73. The number of likely N-dealkylation sites (N-methyl/N-ethyl adjacent to an activating group) is 1. The van der Waals surface area contributed by atoms with Gasteiger partial charge in [0.05, 0.1) is 5.02 Å². The molecular formula is C16H15BrClF2N. The molecule has 1 N–H and O–H groups in total. The van der Waals surface area contributed by atoms with Gasteiger partial charge in [0.1, 0.15) is 11.6 Å². The zero-order chi connectivity index (χ0) is 15.4. The largest absolute Gasteiger partial charge is 0.310 e. The Balaban J connectivity index is 2.30. The average Bonchev–Trinajstić information content (AvgIpc) is 2.45. The van der Waals surface area contributed by atoms with Crippen molar-refractivity contribution in [2.75, 3.05) is 6.54 Å². The lowest BCUT2D eigenvalue weighted by molar-refractivity contribution is 0.543. The summed E-state index contributed by atoms with van der Waals surface area (Å²) >= 11 is 9.27. The number of benzene rings is 2. The molecule has 0 aliphatic rings. The van der Waals surface area contributed by atoms with Crippen molar-refractivity contribution in [3.05, 3.63) is 68.7 Å². The molecule has 0 radical (unpaired) electrons. The quantitative estimate of drug-likeness (QED) is 0.751. The maximum Gasteiger partial charge on any atom is 0.141 e. The van der Waals surface area contributed by atoms with E-state index in [1.165, 1.54) is 18.2 Å². The van der Waals surface area contributed by atoms with Crippen LogP contribution in [0.25, 0.3) is 0 Å². The summed E-state index contributed by atoms with van der Waals surface area (Å²) in [5, 5.41) is 3.41. The monoisotopic (exact) mass is 373 g/mol. The first-order chi connectivity index (χ1) is 10.0. The van der Waals surface area contributed by atoms with Crippen molar-refractivity contribution >= 4 is 27.5 Å². The molecule has 1 unspecified atom stereocenters. The molecule has 1 atom stereocenters. The van der Waals surface area contributed by atoms with E-state index in [4.69, 9.17) is 11.6 Å². The molecule has 0 bridgehead atoms. The number of rotatable bonds is 5. The average molecular weight is 375 g/mol. The second-order valence-corrected chi connectivity index (χ2v) is 5.99. The van der Waals surface area contributed by atoms with Gasteiger partial charge in [0.2, 0.25) is 0 Å². The van der Waals surface area contributed by atoms with E-state index in [1.807, 2.05) is 6.92 Å². The van der Waals surface area contributed by atoms with E-state index in [2.05, 4.69) is 21.2 Å². The van der Waals surface area contributed by atoms with Crippen LogP contribution in [0.1, 0.15) is 24.1 Å². The lowest BCUT2D eigenvalue weighted by Gasteiger charge is -2.19. The van der Waals surface area contributed by atoms with Crippen molar-refractivity contribution in [2.45, 2.75) is 19.4 Å². The van der Waals surface area contributed by atoms with Crippen molar-refractivity contribution in [2.24, 2.45) is 0 Å². The lowest BCUT2D eigenvalue weighted by atomic mass is 9.98. The van der Waals surface area contributed by atoms with Crippen LogP contribution in [-0.4, -0.2) is 6.54 Å². The van der Waals surface area contributed by atoms with Gasteiger partial charge in [-0.1, -0.05) is 40.5 Å². The van der Waals surface area contributed by atoms with Crippen molar-refractivity contribution in [1.82, 2.24) is 5.32 Å². The molecule has 2 aromatic carbocycles. The van der Waals surface area contributed by atoms with Crippen molar-refractivity contribution in [1.29, 1.82) is 0 Å². The molecular weight excluding hydrogens is 360 g/mol. The fraction of sp³-hybridized carbons (Fsp3) is 0.250. The molecule has 0 aromatic heterocycles. The second kappa shape index (κ2) is 7.34. The molecule has 0 aliphatic carbocycles. The van der Waals surface area contributed by atoms with Crippen LogP contribution < -0.4 is 5.32 Å². The van der Waals surface area contributed by atoms with Gasteiger partial charge in [0.25, 0.3) is 0 Å². The highest BCUT2D eigenvalue weighted by Gasteiger charge is 2.15. The van der Waals surface area contributed by atoms with Gasteiger partial charge >= 0.3 is 0 Å². The molecule has 2 rings (SSSR count). The SMILES string of the molecule is CCNC(Cc1cc(F)ccc1Br)c1ccc(F)c(Cl)c1. The summed E-state index contributed by atoms with van der Waals surface area (Å²) in [5.74, 6) is -0.719. The number of halogens is 4. The van der Waals surface area contributed by atoms with Gasteiger partial charge in [0, 0.05) is 10.5 Å². The van der Waals surface area contributed by atoms with E-state index in [-0.39, 0.29) is 16.9 Å². The Bertz CT molecular complexity index is 634. The summed E-state index contributed by atoms with van der Waals surface area (Å²) in [4.78, 5) is 0. The minimum atomic E-state index is -0.442. The van der Waals surface area contributed by atoms with Crippen molar-refractivity contribution in [3.63, 3.8) is 0 Å². The van der Waals surface area contributed by atoms with Gasteiger partial charge in [0.15, 0.2) is 0 Å². The predicted octanol–water partition coefficient (Wildman–Crippen LogP) is 5.27. The fourth-order valence-electron chi connectivity index (χ4n) is 2.20. The fourth-order valence-corrected chi connectivity index (χ4v) is 2.80. The van der Waals surface area contributed by atoms with Crippen LogP contribution in [0.5, 0.6) is 0 Å². The minimum absolute atomic E-state index is 0.0637. The Kier molecular flexibility index (Phi) is 5.73. The smallest absolute Gasteiger partial charge is 0.141 e. The normalized spacial score (nSPS) is 12.4. The number of hydrogen-bond donors (Lipinski definition) is 1. The predicted molar refractivity (Wildman–Crippen MR) is 85.6 cm³/mol. The molecule has 0 saturated heterocycles. The van der Waals surface area contributed by atoms with Crippen molar-refractivity contribution < 1.29 is 8.78 Å². The standard InChI is InChI=1S/C16H15BrClF2N/c1-2-21-16(10-3-6-15(20)14(18)8-10)9-11-7-12(19)4-5-13(11)17/h3-8,16,21H,2,9H2,1H3. The highest BCUT2D eigenvalue weighted by Crippen LogP contribution is 2.27. The lowest BCUT2D eigenvalue weighted by Crippen LogP contribution is -2.23. The summed E-state index contributed by atoms with van der Waals surface area (Å²) < 4.78 is 27.5. The maximum atomic E-state index is 13.4. The number of nitrogens with one attached hydrogen (secondary N) is 1. The molecule has 0 fully saturated rings. The Labute approximate surface area is 136 Å². The summed E-state index contributed by atoms with van der Waals surface area (Å²) in [6.07, 6.45) is 0.578. The summed E-state index contributed by atoms with van der Waals surface area (Å²) in [7, 11) is 0. The van der Waals surface area contributed by atoms with Crippen molar-refractivity contribution in [3.8, 4) is 0 Å². The topological polar surface area (TPSA) is 12.0 Å². The van der Waals surface area contributed by atoms with Crippen LogP contribution in [0.15, 0.2) is 40.9 Å². The third kappa shape index (κ3) is 4.25. The molecule has 0 amide bonds. The molecule has 5 heteroatoms. The third-order valence-corrected chi connectivity index (χ3v) is 4.29. The van der Waals surface area contributed by atoms with Gasteiger partial charge in [-0.15, -0.1) is 0 Å². The Morgan fingerprint density at radius 2 is 1.95 bits per heavy atom. The van der Waals surface area contributed by atoms with Gasteiger partial charge < -0.3 is 5.32 Å². The van der Waals surface area contributed by atoms with E-state index in [0.29, 0.717) is 6.42 Å². The zero-order valence-corrected chi connectivity index (χ0v) is 13.8. The van der Waals surface area contributed by atoms with E-state index in [0.717, 1.165) is 22.1 Å². The minimum Gasteiger partial charge on any atom is -0.310 e. The summed E-state index contributed by atoms with van der Waals surface area (Å²) in [6, 6.07) is 9.18. The van der Waals surface area contributed by atoms with Gasteiger partial charge in [-0.05, 0) is 54.4 Å². The Morgan fingerprint density at radius 1 is 1.19 bits per heavy atom. The molecule has 0 aliphatic heterocycles. The molecule has 0 spiro atoms. The van der Waals surface area contributed by atoms with Crippen LogP contribution in [-0.2, 0) is 6.42 Å². The van der Waals surface area contributed by atoms with Crippen LogP contribution in [0.4, 0.5) is 8.78 Å². The molecule has 2 aromatic rings. The first kappa shape index (κ1) is 16.4. The first-order valence-electron chi connectivity index (χ1n) is 6.63. The van der Waals surface area contributed by atoms with E-state index < -0.39 is 5.82 Å². The second-order valence-electron chi connectivity index (χ2n) is 4.72. The third-order valence-electron chi connectivity index (χ3n) is 3.23. The summed E-state index contributed by atoms with van der Waals surface area (Å²) in [5.41, 5.74) is 1.72. The van der Waals surface area contributed by atoms with Gasteiger partial charge in [-0.25, -0.2) is 8.78 Å². The van der Waals surface area contributed by atoms with Gasteiger partial charge in [-0.2, -0.15) is 0 Å². The highest BCUT2D eigenvalue weighted by molar-refractivity contribution is 9.10. The van der Waals surface area contributed by atoms with E-state index in [1.54, 1.807) is 18.2 Å². The van der Waals surface area contributed by atoms with Gasteiger partial charge in [-0.3, -0.25) is 0 Å². The molecule has 1 nitrogen and oxygen atoms in total. The van der Waals surface area contributed by atoms with Crippen LogP contribution in [0, 0.1) is 11.6 Å². The zero-order valence-electron chi connectivity index (χ0n) is 11.5. The molecule has 0 saturated carbocycles.